The van der Waals surface area contributed by atoms with Crippen LogP contribution in [0.3, 0.4) is 0 Å². The lowest BCUT2D eigenvalue weighted by Gasteiger charge is -2.16. The van der Waals surface area contributed by atoms with Crippen molar-refractivity contribution in [1.82, 2.24) is 0 Å². The fourth-order valence-corrected chi connectivity index (χ4v) is 3.59. The number of nitrogens with zero attached hydrogens (tertiary/aromatic N) is 1. The lowest BCUT2D eigenvalue weighted by Crippen LogP contribution is -2.66. The number of hydrogen-bond acceptors (Lipinski definition) is 6. The van der Waals surface area contributed by atoms with Gasteiger partial charge in [0.2, 0.25) is 11.8 Å². The van der Waals surface area contributed by atoms with Gasteiger partial charge in [-0.25, -0.2) is 9.69 Å². The first-order valence-corrected chi connectivity index (χ1v) is 9.73. The van der Waals surface area contributed by atoms with Crippen LogP contribution in [0.25, 0.3) is 0 Å². The van der Waals surface area contributed by atoms with Crippen molar-refractivity contribution < 1.29 is 29.6 Å². The smallest absolute Gasteiger partial charge is 0.365 e. The molecule has 1 fully saturated rings. The largest absolute Gasteiger partial charge is 0.494 e. The Labute approximate surface area is 157 Å². The molecule has 0 aliphatic carbocycles. The Morgan fingerprint density at radius 3 is 2.62 bits per heavy atom. The maximum Gasteiger partial charge on any atom is 0.365 e. The van der Waals surface area contributed by atoms with Crippen molar-refractivity contribution in [3.05, 3.63) is 24.3 Å². The highest BCUT2D eigenvalue weighted by atomic mass is 32.2. The summed E-state index contributed by atoms with van der Waals surface area (Å²) in [6.07, 6.45) is 1.02. The van der Waals surface area contributed by atoms with Crippen molar-refractivity contribution in [2.45, 2.75) is 38.0 Å². The number of quaternary nitrogens is 1. The molecule has 2 atom stereocenters. The van der Waals surface area contributed by atoms with Gasteiger partial charge in [0.05, 0.1) is 29.9 Å². The first-order valence-electron chi connectivity index (χ1n) is 8.68. The third-order valence-corrected chi connectivity index (χ3v) is 5.16. The van der Waals surface area contributed by atoms with Gasteiger partial charge in [-0.3, -0.25) is 9.59 Å². The average Bonchev–Trinajstić information content (AvgIpc) is 2.92. The van der Waals surface area contributed by atoms with Gasteiger partial charge in [0.1, 0.15) is 5.75 Å². The minimum Gasteiger partial charge on any atom is -0.494 e. The quantitative estimate of drug-likeness (QED) is 0.506. The second kappa shape index (κ2) is 9.59. The number of carbonyl (C=O) groups excluding carboxylic acids is 3. The molecule has 1 aromatic rings. The van der Waals surface area contributed by atoms with Crippen LogP contribution in [-0.2, 0) is 19.1 Å². The van der Waals surface area contributed by atoms with E-state index in [-0.39, 0.29) is 18.2 Å². The number of rotatable bonds is 9. The van der Waals surface area contributed by atoms with Crippen LogP contribution in [0.2, 0.25) is 0 Å². The zero-order valence-electron chi connectivity index (χ0n) is 15.1. The van der Waals surface area contributed by atoms with Gasteiger partial charge in [0.15, 0.2) is 6.04 Å². The molecular formula is C18H25N2O5S+. The van der Waals surface area contributed by atoms with Crippen LogP contribution >= 0.6 is 11.8 Å². The van der Waals surface area contributed by atoms with Gasteiger partial charge < -0.3 is 15.2 Å². The number of anilines is 1. The monoisotopic (exact) mass is 381 g/mol. The van der Waals surface area contributed by atoms with Crippen LogP contribution in [-0.4, -0.2) is 48.0 Å². The van der Waals surface area contributed by atoms with E-state index in [0.29, 0.717) is 30.4 Å². The molecule has 7 nitrogen and oxygen atoms in total. The maximum absolute atomic E-state index is 12.6. The van der Waals surface area contributed by atoms with E-state index in [1.165, 1.54) is 16.7 Å². The lowest BCUT2D eigenvalue weighted by atomic mass is 10.3. The normalized spacial score (nSPS) is 18.1. The average molecular weight is 381 g/mol. The second-order valence-electron chi connectivity index (χ2n) is 5.88. The zero-order chi connectivity index (χ0) is 19.1. The molecule has 3 N–H and O–H groups in total. The molecule has 0 spiro atoms. The summed E-state index contributed by atoms with van der Waals surface area (Å²) in [5.41, 5.74) is 4.28. The Hall–Kier alpha value is -2.06. The summed E-state index contributed by atoms with van der Waals surface area (Å²) in [6.45, 7) is 4.66. The maximum atomic E-state index is 12.6. The number of esters is 1. The van der Waals surface area contributed by atoms with E-state index in [0.717, 1.165) is 6.42 Å². The fourth-order valence-electron chi connectivity index (χ4n) is 2.48. The number of hydrogen-bond donors (Lipinski definition) is 1. The van der Waals surface area contributed by atoms with Gasteiger partial charge in [-0.05, 0) is 37.6 Å². The molecule has 1 heterocycles. The molecule has 26 heavy (non-hydrogen) atoms. The fraction of sp³-hybridized carbons (Fsp3) is 0.500. The van der Waals surface area contributed by atoms with Crippen LogP contribution < -0.4 is 15.4 Å². The van der Waals surface area contributed by atoms with Gasteiger partial charge in [-0.2, -0.15) is 0 Å². The highest BCUT2D eigenvalue weighted by Crippen LogP contribution is 2.30. The minimum atomic E-state index is -0.563. The highest BCUT2D eigenvalue weighted by Gasteiger charge is 2.40. The van der Waals surface area contributed by atoms with E-state index in [1.807, 2.05) is 6.92 Å². The summed E-state index contributed by atoms with van der Waals surface area (Å²) in [5.74, 6) is 0.135. The molecule has 8 heteroatoms. The van der Waals surface area contributed by atoms with Crippen LogP contribution in [0, 0.1) is 0 Å². The first kappa shape index (κ1) is 20.3. The van der Waals surface area contributed by atoms with Crippen molar-refractivity contribution >= 4 is 35.2 Å². The SMILES string of the molecule is CCCOc1ccc(N2C(=O)C[C@@H](SC[C@H]([NH3+])C(=O)OCC)C2=O)cc1. The molecule has 2 amide bonds. The predicted molar refractivity (Wildman–Crippen MR) is 98.9 cm³/mol. The zero-order valence-corrected chi connectivity index (χ0v) is 15.9. The summed E-state index contributed by atoms with van der Waals surface area (Å²) < 4.78 is 10.4. The van der Waals surface area contributed by atoms with Gasteiger partial charge in [-0.1, -0.05) is 6.92 Å². The van der Waals surface area contributed by atoms with Crippen molar-refractivity contribution in [2.75, 3.05) is 23.9 Å². The molecule has 0 saturated carbocycles. The van der Waals surface area contributed by atoms with Gasteiger partial charge in [-0.15, -0.1) is 11.8 Å². The van der Waals surface area contributed by atoms with E-state index in [9.17, 15) is 14.4 Å². The second-order valence-corrected chi connectivity index (χ2v) is 7.12. The molecule has 0 unspecified atom stereocenters. The van der Waals surface area contributed by atoms with Gasteiger partial charge in [0, 0.05) is 6.42 Å². The third kappa shape index (κ3) is 4.98. The van der Waals surface area contributed by atoms with Crippen molar-refractivity contribution in [3.8, 4) is 5.75 Å². The van der Waals surface area contributed by atoms with Crippen LogP contribution in [0.15, 0.2) is 24.3 Å². The van der Waals surface area contributed by atoms with Crippen molar-refractivity contribution in [1.29, 1.82) is 0 Å². The predicted octanol–water partition coefficient (Wildman–Crippen LogP) is 1.01. The van der Waals surface area contributed by atoms with Crippen molar-refractivity contribution in [3.63, 3.8) is 0 Å². The Morgan fingerprint density at radius 2 is 2.00 bits per heavy atom. The Kier molecular flexibility index (Phi) is 7.47. The summed E-state index contributed by atoms with van der Waals surface area (Å²) in [7, 11) is 0. The van der Waals surface area contributed by atoms with E-state index < -0.39 is 17.3 Å². The van der Waals surface area contributed by atoms with Gasteiger partial charge in [0.25, 0.3) is 0 Å². The van der Waals surface area contributed by atoms with Crippen LogP contribution in [0.1, 0.15) is 26.7 Å². The molecule has 142 valence electrons. The van der Waals surface area contributed by atoms with E-state index >= 15 is 0 Å². The van der Waals surface area contributed by atoms with Crippen LogP contribution in [0.4, 0.5) is 5.69 Å². The molecule has 1 saturated heterocycles. The van der Waals surface area contributed by atoms with Crippen LogP contribution in [0.5, 0.6) is 5.75 Å². The topological polar surface area (TPSA) is 101 Å². The molecule has 2 rings (SSSR count). The lowest BCUT2D eigenvalue weighted by molar-refractivity contribution is -0.401. The van der Waals surface area contributed by atoms with E-state index in [1.54, 1.807) is 31.2 Å². The van der Waals surface area contributed by atoms with E-state index in [4.69, 9.17) is 9.47 Å². The summed E-state index contributed by atoms with van der Waals surface area (Å²) >= 11 is 1.27. The minimum absolute atomic E-state index is 0.118. The first-order chi connectivity index (χ1) is 12.5. The van der Waals surface area contributed by atoms with Gasteiger partial charge >= 0.3 is 5.97 Å². The Balaban J connectivity index is 1.96. The molecule has 1 aromatic carbocycles. The third-order valence-electron chi connectivity index (χ3n) is 3.79. The molecule has 0 radical (unpaired) electrons. The molecule has 0 bridgehead atoms. The highest BCUT2D eigenvalue weighted by molar-refractivity contribution is 8.00. The number of thioether (sulfide) groups is 1. The van der Waals surface area contributed by atoms with Crippen molar-refractivity contribution in [2.24, 2.45) is 0 Å². The Morgan fingerprint density at radius 1 is 1.31 bits per heavy atom. The molecular weight excluding hydrogens is 356 g/mol. The number of ether oxygens (including phenoxy) is 2. The Bertz CT molecular complexity index is 649. The number of amides is 2. The summed E-state index contributed by atoms with van der Waals surface area (Å²) in [5, 5.41) is -0.503. The summed E-state index contributed by atoms with van der Waals surface area (Å²) in [6, 6.07) is 6.34. The molecule has 0 aromatic heterocycles. The number of benzene rings is 1. The molecule has 1 aliphatic heterocycles. The number of carbonyl (C=O) groups is 3. The standard InChI is InChI=1S/C18H24N2O5S/c1-3-9-25-13-7-5-12(6-8-13)20-16(21)10-15(17(20)22)26-11-14(19)18(23)24-4-2/h5-8,14-15H,3-4,9-11,19H2,1-2H3/p+1/t14-,15+/m0/s1. The molecule has 1 aliphatic rings. The van der Waals surface area contributed by atoms with E-state index in [2.05, 4.69) is 5.73 Å². The number of imide groups is 1. The summed E-state index contributed by atoms with van der Waals surface area (Å²) in [4.78, 5) is 37.7.